The Kier molecular flexibility index (Phi) is 2.77. The standard InChI is InChI=1S/C8H10N6O2S/c1-6-4-7(11-17(9,15)16)2-3-8(6)14-5-10-12-13-14/h2-5,11H,1H3,(H2,9,15,16). The highest BCUT2D eigenvalue weighted by Crippen LogP contribution is 2.18. The minimum absolute atomic E-state index is 0.391. The van der Waals surface area contributed by atoms with Gasteiger partial charge in [0.2, 0.25) is 0 Å². The monoisotopic (exact) mass is 254 g/mol. The third kappa shape index (κ3) is 2.77. The van der Waals surface area contributed by atoms with E-state index in [1.807, 2.05) is 6.92 Å². The number of rotatable bonds is 3. The molecule has 0 atom stereocenters. The molecular weight excluding hydrogens is 244 g/mol. The van der Waals surface area contributed by atoms with E-state index in [0.29, 0.717) is 5.69 Å². The Morgan fingerprint density at radius 2 is 2.18 bits per heavy atom. The van der Waals surface area contributed by atoms with Gasteiger partial charge in [0.1, 0.15) is 6.33 Å². The minimum atomic E-state index is -3.76. The van der Waals surface area contributed by atoms with Crippen molar-refractivity contribution >= 4 is 15.9 Å². The van der Waals surface area contributed by atoms with E-state index in [1.165, 1.54) is 11.0 Å². The minimum Gasteiger partial charge on any atom is -0.271 e. The maximum absolute atomic E-state index is 10.9. The molecular formula is C8H10N6O2S. The van der Waals surface area contributed by atoms with Crippen LogP contribution in [0.5, 0.6) is 0 Å². The Morgan fingerprint density at radius 3 is 2.71 bits per heavy atom. The van der Waals surface area contributed by atoms with Gasteiger partial charge >= 0.3 is 0 Å². The molecule has 0 saturated heterocycles. The maximum Gasteiger partial charge on any atom is 0.296 e. The lowest BCUT2D eigenvalue weighted by molar-refractivity contribution is 0.603. The number of hydrogen-bond donors (Lipinski definition) is 2. The van der Waals surface area contributed by atoms with Crippen molar-refractivity contribution in [1.29, 1.82) is 0 Å². The fourth-order valence-corrected chi connectivity index (χ4v) is 1.87. The van der Waals surface area contributed by atoms with E-state index < -0.39 is 10.2 Å². The van der Waals surface area contributed by atoms with Gasteiger partial charge in [-0.15, -0.1) is 5.10 Å². The highest BCUT2D eigenvalue weighted by Gasteiger charge is 2.06. The highest BCUT2D eigenvalue weighted by atomic mass is 32.2. The maximum atomic E-state index is 10.9. The Labute approximate surface area is 97.6 Å². The van der Waals surface area contributed by atoms with Gasteiger partial charge in [0.05, 0.1) is 11.4 Å². The van der Waals surface area contributed by atoms with Gasteiger partial charge in [-0.25, -0.2) is 9.82 Å². The summed E-state index contributed by atoms with van der Waals surface area (Å²) in [6.07, 6.45) is 1.45. The van der Waals surface area contributed by atoms with Crippen LogP contribution in [0.15, 0.2) is 24.5 Å². The fourth-order valence-electron chi connectivity index (χ4n) is 1.41. The second kappa shape index (κ2) is 4.11. The van der Waals surface area contributed by atoms with Crippen LogP contribution < -0.4 is 9.86 Å². The smallest absolute Gasteiger partial charge is 0.271 e. The summed E-state index contributed by atoms with van der Waals surface area (Å²) in [7, 11) is -3.76. The normalized spacial score (nSPS) is 11.4. The van der Waals surface area contributed by atoms with Gasteiger partial charge in [-0.3, -0.25) is 4.72 Å². The lowest BCUT2D eigenvalue weighted by Gasteiger charge is -2.08. The molecule has 8 nitrogen and oxygen atoms in total. The number of benzene rings is 1. The first-order valence-corrected chi connectivity index (χ1v) is 6.15. The number of tetrazole rings is 1. The molecule has 17 heavy (non-hydrogen) atoms. The first kappa shape index (κ1) is 11.5. The molecule has 9 heteroatoms. The molecule has 0 aliphatic carbocycles. The zero-order valence-corrected chi connectivity index (χ0v) is 9.72. The van der Waals surface area contributed by atoms with E-state index in [0.717, 1.165) is 11.3 Å². The molecule has 0 saturated carbocycles. The van der Waals surface area contributed by atoms with Gasteiger partial charge in [0, 0.05) is 0 Å². The number of nitrogens with one attached hydrogen (secondary N) is 1. The first-order chi connectivity index (χ1) is 7.96. The molecule has 1 aromatic carbocycles. The van der Waals surface area contributed by atoms with Gasteiger partial charge in [-0.1, -0.05) is 0 Å². The van der Waals surface area contributed by atoms with E-state index in [1.54, 1.807) is 18.2 Å². The van der Waals surface area contributed by atoms with Crippen LogP contribution in [0, 0.1) is 6.92 Å². The van der Waals surface area contributed by atoms with Gasteiger partial charge in [0.15, 0.2) is 0 Å². The summed E-state index contributed by atoms with van der Waals surface area (Å²) in [6, 6.07) is 4.91. The lowest BCUT2D eigenvalue weighted by atomic mass is 10.2. The van der Waals surface area contributed by atoms with Crippen LogP contribution in [0.1, 0.15) is 5.56 Å². The van der Waals surface area contributed by atoms with Gasteiger partial charge < -0.3 is 0 Å². The van der Waals surface area contributed by atoms with Crippen LogP contribution in [0.2, 0.25) is 0 Å². The van der Waals surface area contributed by atoms with E-state index in [9.17, 15) is 8.42 Å². The van der Waals surface area contributed by atoms with Crippen LogP contribution in [-0.2, 0) is 10.2 Å². The molecule has 0 spiro atoms. The summed E-state index contributed by atoms with van der Waals surface area (Å²) in [5.41, 5.74) is 1.96. The lowest BCUT2D eigenvalue weighted by Crippen LogP contribution is -2.21. The molecule has 0 radical (unpaired) electrons. The van der Waals surface area contributed by atoms with Gasteiger partial charge in [-0.2, -0.15) is 8.42 Å². The molecule has 0 fully saturated rings. The van der Waals surface area contributed by atoms with Crippen molar-refractivity contribution in [3.63, 3.8) is 0 Å². The molecule has 90 valence electrons. The van der Waals surface area contributed by atoms with Gasteiger partial charge in [0.25, 0.3) is 10.2 Å². The van der Waals surface area contributed by atoms with E-state index in [-0.39, 0.29) is 0 Å². The first-order valence-electron chi connectivity index (χ1n) is 4.60. The van der Waals surface area contributed by atoms with Crippen LogP contribution in [0.4, 0.5) is 5.69 Å². The second-order valence-electron chi connectivity index (χ2n) is 3.40. The van der Waals surface area contributed by atoms with Crippen molar-refractivity contribution in [1.82, 2.24) is 20.2 Å². The quantitative estimate of drug-likeness (QED) is 0.772. The zero-order valence-electron chi connectivity index (χ0n) is 8.90. The fraction of sp³-hybridized carbons (Fsp3) is 0.125. The third-order valence-electron chi connectivity index (χ3n) is 2.05. The summed E-state index contributed by atoms with van der Waals surface area (Å²) in [6.45, 7) is 1.81. The average molecular weight is 254 g/mol. The number of hydrogen-bond acceptors (Lipinski definition) is 5. The van der Waals surface area contributed by atoms with Crippen molar-refractivity contribution in [3.05, 3.63) is 30.1 Å². The molecule has 0 aliphatic heterocycles. The second-order valence-corrected chi connectivity index (χ2v) is 4.70. The SMILES string of the molecule is Cc1cc(NS(N)(=O)=O)ccc1-n1cnnn1. The average Bonchev–Trinajstić information content (AvgIpc) is 2.68. The molecule has 2 rings (SSSR count). The molecule has 1 heterocycles. The molecule has 0 aliphatic rings. The predicted molar refractivity (Wildman–Crippen MR) is 60.6 cm³/mol. The summed E-state index contributed by atoms with van der Waals surface area (Å²) in [5.74, 6) is 0. The summed E-state index contributed by atoms with van der Waals surface area (Å²) >= 11 is 0. The zero-order chi connectivity index (χ0) is 12.5. The Balaban J connectivity index is 2.36. The highest BCUT2D eigenvalue weighted by molar-refractivity contribution is 7.90. The Morgan fingerprint density at radius 1 is 1.41 bits per heavy atom. The van der Waals surface area contributed by atoms with Crippen molar-refractivity contribution in [3.8, 4) is 5.69 Å². The van der Waals surface area contributed by atoms with E-state index in [4.69, 9.17) is 5.14 Å². The summed E-state index contributed by atoms with van der Waals surface area (Å²) < 4.78 is 25.4. The summed E-state index contributed by atoms with van der Waals surface area (Å²) in [5, 5.41) is 15.7. The van der Waals surface area contributed by atoms with Crippen molar-refractivity contribution < 1.29 is 8.42 Å². The topological polar surface area (TPSA) is 116 Å². The van der Waals surface area contributed by atoms with Gasteiger partial charge in [-0.05, 0) is 41.1 Å². The Hall–Kier alpha value is -2.00. The van der Waals surface area contributed by atoms with Crippen LogP contribution >= 0.6 is 0 Å². The van der Waals surface area contributed by atoms with Crippen molar-refractivity contribution in [2.45, 2.75) is 6.92 Å². The van der Waals surface area contributed by atoms with E-state index in [2.05, 4.69) is 20.2 Å². The number of nitrogens with zero attached hydrogens (tertiary/aromatic N) is 4. The van der Waals surface area contributed by atoms with Crippen LogP contribution in [0.25, 0.3) is 5.69 Å². The molecule has 3 N–H and O–H groups in total. The number of aromatic nitrogens is 4. The molecule has 0 unspecified atom stereocenters. The molecule has 1 aromatic heterocycles. The Bertz CT molecular complexity index is 621. The van der Waals surface area contributed by atoms with Crippen LogP contribution in [-0.4, -0.2) is 28.6 Å². The number of nitrogens with two attached hydrogens (primary N) is 1. The molecule has 2 aromatic rings. The van der Waals surface area contributed by atoms with Crippen LogP contribution in [0.3, 0.4) is 0 Å². The third-order valence-corrected chi connectivity index (χ3v) is 2.57. The van der Waals surface area contributed by atoms with Crippen molar-refractivity contribution in [2.75, 3.05) is 4.72 Å². The largest absolute Gasteiger partial charge is 0.296 e. The van der Waals surface area contributed by atoms with Crippen molar-refractivity contribution in [2.24, 2.45) is 5.14 Å². The molecule has 0 amide bonds. The number of anilines is 1. The number of aryl methyl sites for hydroxylation is 1. The summed E-state index contributed by atoms with van der Waals surface area (Å²) in [4.78, 5) is 0. The predicted octanol–water partition coefficient (Wildman–Crippen LogP) is -0.414. The van der Waals surface area contributed by atoms with E-state index >= 15 is 0 Å². The molecule has 0 bridgehead atoms.